The van der Waals surface area contributed by atoms with Crippen LogP contribution in [0.5, 0.6) is 0 Å². The van der Waals surface area contributed by atoms with Crippen LogP contribution in [0.3, 0.4) is 0 Å². The number of ether oxygens (including phenoxy) is 1. The van der Waals surface area contributed by atoms with Gasteiger partial charge >= 0.3 is 0 Å². The molecular weight excluding hydrogens is 226 g/mol. The fourth-order valence-electron chi connectivity index (χ4n) is 2.66. The van der Waals surface area contributed by atoms with Gasteiger partial charge in [0.2, 0.25) is 0 Å². The van der Waals surface area contributed by atoms with Crippen LogP contribution < -0.4 is 0 Å². The van der Waals surface area contributed by atoms with Crippen LogP contribution in [-0.2, 0) is 11.3 Å². The predicted octanol–water partition coefficient (Wildman–Crippen LogP) is 2.05. The van der Waals surface area contributed by atoms with E-state index < -0.39 is 0 Å². The average molecular weight is 249 g/mol. The summed E-state index contributed by atoms with van der Waals surface area (Å²) in [6.07, 6.45) is 0. The number of hydrogen-bond acceptors (Lipinski definition) is 4. The first kappa shape index (κ1) is 13.4. The summed E-state index contributed by atoms with van der Waals surface area (Å²) in [7, 11) is 0. The maximum absolute atomic E-state index is 5.35. The van der Waals surface area contributed by atoms with Crippen molar-refractivity contribution in [1.29, 1.82) is 0 Å². The summed E-state index contributed by atoms with van der Waals surface area (Å²) < 4.78 is 5.35. The maximum Gasteiger partial charge on any atom is 0.142 e. The summed E-state index contributed by atoms with van der Waals surface area (Å²) in [6, 6.07) is 0. The van der Waals surface area contributed by atoms with Crippen molar-refractivity contribution in [3.8, 4) is 0 Å². The largest absolute Gasteiger partial charge is 0.379 e. The first-order valence-corrected chi connectivity index (χ1v) is 6.72. The summed E-state index contributed by atoms with van der Waals surface area (Å²) in [5.74, 6) is 1.43. The van der Waals surface area contributed by atoms with Gasteiger partial charge in [-0.05, 0) is 25.3 Å². The zero-order valence-electron chi connectivity index (χ0n) is 11.9. The Morgan fingerprint density at radius 3 is 2.17 bits per heavy atom. The normalized spacial score (nSPS) is 17.4. The average Bonchev–Trinajstić information content (AvgIpc) is 2.28. The molecule has 0 unspecified atom stereocenters. The fraction of sp³-hybridized carbons (Fsp3) is 0.714. The number of aromatic nitrogens is 2. The number of nitrogens with zero attached hydrogens (tertiary/aromatic N) is 3. The molecule has 1 aliphatic heterocycles. The maximum atomic E-state index is 5.35. The second-order valence-corrected chi connectivity index (χ2v) is 5.27. The topological polar surface area (TPSA) is 38.2 Å². The first-order valence-electron chi connectivity index (χ1n) is 6.72. The Balaban J connectivity index is 2.14. The van der Waals surface area contributed by atoms with E-state index in [-0.39, 0.29) is 0 Å². The Kier molecular flexibility index (Phi) is 4.30. The van der Waals surface area contributed by atoms with Gasteiger partial charge in [-0.2, -0.15) is 0 Å². The second-order valence-electron chi connectivity index (χ2n) is 5.27. The van der Waals surface area contributed by atoms with Gasteiger partial charge in [-0.3, -0.25) is 4.90 Å². The summed E-state index contributed by atoms with van der Waals surface area (Å²) >= 11 is 0. The molecule has 0 bridgehead atoms. The van der Waals surface area contributed by atoms with Gasteiger partial charge in [0.05, 0.1) is 19.8 Å². The van der Waals surface area contributed by atoms with Crippen molar-refractivity contribution in [2.45, 2.75) is 40.2 Å². The van der Waals surface area contributed by atoms with E-state index in [9.17, 15) is 0 Å². The molecule has 1 saturated heterocycles. The van der Waals surface area contributed by atoms with Crippen molar-refractivity contribution in [3.63, 3.8) is 0 Å². The van der Waals surface area contributed by atoms with Crippen LogP contribution in [-0.4, -0.2) is 41.2 Å². The van der Waals surface area contributed by atoms with Crippen LogP contribution in [0.4, 0.5) is 0 Å². The van der Waals surface area contributed by atoms with E-state index in [0.717, 1.165) is 50.1 Å². The Bertz CT molecular complexity index is 388. The molecule has 100 valence electrons. The Labute approximate surface area is 109 Å². The van der Waals surface area contributed by atoms with Gasteiger partial charge in [0, 0.05) is 24.5 Å². The van der Waals surface area contributed by atoms with Crippen LogP contribution >= 0.6 is 0 Å². The lowest BCUT2D eigenvalue weighted by Crippen LogP contribution is -2.36. The van der Waals surface area contributed by atoms with Crippen molar-refractivity contribution >= 4 is 0 Å². The van der Waals surface area contributed by atoms with Crippen molar-refractivity contribution in [1.82, 2.24) is 14.9 Å². The van der Waals surface area contributed by atoms with Gasteiger partial charge in [-0.25, -0.2) is 9.97 Å². The number of morpholine rings is 1. The quantitative estimate of drug-likeness (QED) is 0.822. The predicted molar refractivity (Wildman–Crippen MR) is 71.7 cm³/mol. The van der Waals surface area contributed by atoms with Crippen LogP contribution in [0.1, 0.15) is 42.5 Å². The third kappa shape index (κ3) is 3.06. The van der Waals surface area contributed by atoms with Crippen LogP contribution in [0.25, 0.3) is 0 Å². The lowest BCUT2D eigenvalue weighted by molar-refractivity contribution is 0.0330. The number of aryl methyl sites for hydroxylation is 2. The Hall–Kier alpha value is -1.00. The minimum absolute atomic E-state index is 0.488. The van der Waals surface area contributed by atoms with Crippen molar-refractivity contribution in [2.24, 2.45) is 0 Å². The molecule has 0 amide bonds. The smallest absolute Gasteiger partial charge is 0.142 e. The van der Waals surface area contributed by atoms with E-state index in [1.54, 1.807) is 0 Å². The highest BCUT2D eigenvalue weighted by atomic mass is 16.5. The highest BCUT2D eigenvalue weighted by Gasteiger charge is 2.15. The van der Waals surface area contributed by atoms with E-state index in [4.69, 9.17) is 4.74 Å². The molecule has 0 saturated carbocycles. The summed E-state index contributed by atoms with van der Waals surface area (Å²) in [4.78, 5) is 11.7. The van der Waals surface area contributed by atoms with Gasteiger partial charge in [0.25, 0.3) is 0 Å². The minimum Gasteiger partial charge on any atom is -0.379 e. The van der Waals surface area contributed by atoms with Gasteiger partial charge in [0.15, 0.2) is 0 Å². The molecular formula is C14H23N3O. The molecule has 0 radical (unpaired) electrons. The minimum atomic E-state index is 0.488. The molecule has 1 fully saturated rings. The van der Waals surface area contributed by atoms with Crippen LogP contribution in [0, 0.1) is 13.8 Å². The molecule has 0 spiro atoms. The standard InChI is InChI=1S/C14H23N3O/c1-10(2)14-11(3)15-13(16-12(14)4)9-17-5-7-18-8-6-17/h10H,5-9H2,1-4H3. The lowest BCUT2D eigenvalue weighted by Gasteiger charge is -2.26. The van der Waals surface area contributed by atoms with Crippen molar-refractivity contribution < 1.29 is 4.74 Å². The highest BCUT2D eigenvalue weighted by molar-refractivity contribution is 5.27. The molecule has 0 N–H and O–H groups in total. The Morgan fingerprint density at radius 2 is 1.67 bits per heavy atom. The number of hydrogen-bond donors (Lipinski definition) is 0. The van der Waals surface area contributed by atoms with Gasteiger partial charge in [0.1, 0.15) is 5.82 Å². The van der Waals surface area contributed by atoms with Crippen LogP contribution in [0.2, 0.25) is 0 Å². The van der Waals surface area contributed by atoms with E-state index in [0.29, 0.717) is 5.92 Å². The third-order valence-electron chi connectivity index (χ3n) is 3.42. The van der Waals surface area contributed by atoms with Crippen LogP contribution in [0.15, 0.2) is 0 Å². The molecule has 0 aromatic carbocycles. The third-order valence-corrected chi connectivity index (χ3v) is 3.42. The summed E-state index contributed by atoms with van der Waals surface area (Å²) in [5, 5.41) is 0. The van der Waals surface area contributed by atoms with Crippen molar-refractivity contribution in [3.05, 3.63) is 22.8 Å². The van der Waals surface area contributed by atoms with Gasteiger partial charge < -0.3 is 4.74 Å². The molecule has 4 heteroatoms. The molecule has 4 nitrogen and oxygen atoms in total. The molecule has 0 aliphatic carbocycles. The van der Waals surface area contributed by atoms with Crippen molar-refractivity contribution in [2.75, 3.05) is 26.3 Å². The monoisotopic (exact) mass is 249 g/mol. The summed E-state index contributed by atoms with van der Waals surface area (Å²) in [5.41, 5.74) is 3.54. The van der Waals surface area contributed by atoms with E-state index >= 15 is 0 Å². The lowest BCUT2D eigenvalue weighted by atomic mass is 10.0. The molecule has 2 heterocycles. The SMILES string of the molecule is Cc1nc(CN2CCOCC2)nc(C)c1C(C)C. The summed E-state index contributed by atoms with van der Waals surface area (Å²) in [6.45, 7) is 13.0. The van der Waals surface area contributed by atoms with E-state index in [1.165, 1.54) is 5.56 Å². The molecule has 1 aromatic rings. The highest BCUT2D eigenvalue weighted by Crippen LogP contribution is 2.20. The molecule has 0 atom stereocenters. The fourth-order valence-corrected chi connectivity index (χ4v) is 2.66. The first-order chi connectivity index (χ1) is 8.58. The zero-order chi connectivity index (χ0) is 13.1. The Morgan fingerprint density at radius 1 is 1.11 bits per heavy atom. The molecule has 18 heavy (non-hydrogen) atoms. The zero-order valence-corrected chi connectivity index (χ0v) is 11.9. The molecule has 1 aromatic heterocycles. The molecule has 2 rings (SSSR count). The van der Waals surface area contributed by atoms with Gasteiger partial charge in [-0.15, -0.1) is 0 Å². The second kappa shape index (κ2) is 5.76. The van der Waals surface area contributed by atoms with E-state index in [2.05, 4.69) is 42.6 Å². The van der Waals surface area contributed by atoms with Gasteiger partial charge in [-0.1, -0.05) is 13.8 Å². The number of rotatable bonds is 3. The molecule has 1 aliphatic rings. The van der Waals surface area contributed by atoms with E-state index in [1.807, 2.05) is 0 Å².